The number of carbonyl (C=O) groups is 1. The van der Waals surface area contributed by atoms with Crippen molar-refractivity contribution < 1.29 is 9.18 Å². The summed E-state index contributed by atoms with van der Waals surface area (Å²) in [6.45, 7) is 3.29. The van der Waals surface area contributed by atoms with Crippen LogP contribution in [-0.4, -0.2) is 31.0 Å². The minimum Gasteiger partial charge on any atom is -0.369 e. The molecule has 0 aliphatic carbocycles. The molecule has 2 aliphatic heterocycles. The summed E-state index contributed by atoms with van der Waals surface area (Å²) in [4.78, 5) is 21.5. The van der Waals surface area contributed by atoms with Gasteiger partial charge in [-0.15, -0.1) is 0 Å². The van der Waals surface area contributed by atoms with Crippen molar-refractivity contribution in [1.29, 1.82) is 0 Å². The second-order valence-electron chi connectivity index (χ2n) is 7.44. The number of aromatic nitrogens is 1. The number of pyridine rings is 1. The average Bonchev–Trinajstić information content (AvgIpc) is 2.83. The number of amides is 1. The van der Waals surface area contributed by atoms with Gasteiger partial charge in [0.15, 0.2) is 0 Å². The van der Waals surface area contributed by atoms with E-state index in [1.807, 2.05) is 6.07 Å². The van der Waals surface area contributed by atoms with Gasteiger partial charge in [-0.3, -0.25) is 9.78 Å². The Hall–Kier alpha value is -2.47. The number of aryl methyl sites for hydroxylation is 1. The molecule has 1 fully saturated rings. The Balaban J connectivity index is 1.65. The van der Waals surface area contributed by atoms with E-state index in [0.29, 0.717) is 23.1 Å². The molecule has 0 unspecified atom stereocenters. The molecule has 0 radical (unpaired) electrons. The number of anilines is 2. The molecular weight excluding hydrogens is 409 g/mol. The molecule has 1 spiro atoms. The van der Waals surface area contributed by atoms with E-state index in [0.717, 1.165) is 22.3 Å². The van der Waals surface area contributed by atoms with Crippen molar-refractivity contribution in [3.8, 4) is 0 Å². The number of halogens is 2. The zero-order valence-corrected chi connectivity index (χ0v) is 16.5. The van der Waals surface area contributed by atoms with Crippen LogP contribution in [0.3, 0.4) is 0 Å². The first kappa shape index (κ1) is 16.7. The summed E-state index contributed by atoms with van der Waals surface area (Å²) in [6.07, 6.45) is 1.69. The number of rotatable bonds is 1. The predicted molar refractivity (Wildman–Crippen MR) is 108 cm³/mol. The molecule has 1 amide bonds. The van der Waals surface area contributed by atoms with E-state index in [4.69, 9.17) is 0 Å². The van der Waals surface area contributed by atoms with Gasteiger partial charge in [-0.1, -0.05) is 12.1 Å². The quantitative estimate of drug-likeness (QED) is 0.586. The SMILES string of the molecule is Cc1cccc(N2CC3(C2)C(=O)N(C)c2cnc4cc(F)c(Br)cc4c23)c1. The van der Waals surface area contributed by atoms with Gasteiger partial charge in [0.2, 0.25) is 5.91 Å². The molecule has 0 bridgehead atoms. The van der Waals surface area contributed by atoms with E-state index in [-0.39, 0.29) is 11.7 Å². The Morgan fingerprint density at radius 2 is 2.00 bits per heavy atom. The monoisotopic (exact) mass is 425 g/mol. The van der Waals surface area contributed by atoms with Crippen LogP contribution < -0.4 is 9.80 Å². The highest BCUT2D eigenvalue weighted by Crippen LogP contribution is 2.50. The first-order valence-corrected chi connectivity index (χ1v) is 9.58. The van der Waals surface area contributed by atoms with Crippen molar-refractivity contribution in [2.24, 2.45) is 0 Å². The smallest absolute Gasteiger partial charge is 0.241 e. The number of fused-ring (bicyclic) bond motifs is 4. The molecule has 4 nitrogen and oxygen atoms in total. The third kappa shape index (κ3) is 2.19. The highest BCUT2D eigenvalue weighted by Gasteiger charge is 2.58. The van der Waals surface area contributed by atoms with Crippen molar-refractivity contribution >= 4 is 44.1 Å². The summed E-state index contributed by atoms with van der Waals surface area (Å²) in [6, 6.07) is 11.5. The van der Waals surface area contributed by atoms with Crippen molar-refractivity contribution in [2.45, 2.75) is 12.3 Å². The molecule has 6 heteroatoms. The summed E-state index contributed by atoms with van der Waals surface area (Å²) < 4.78 is 14.4. The van der Waals surface area contributed by atoms with Gasteiger partial charge >= 0.3 is 0 Å². The molecule has 1 saturated heterocycles. The Kier molecular flexibility index (Phi) is 3.41. The van der Waals surface area contributed by atoms with Crippen LogP contribution in [0.25, 0.3) is 10.9 Å². The summed E-state index contributed by atoms with van der Waals surface area (Å²) >= 11 is 3.28. The van der Waals surface area contributed by atoms with Gasteiger partial charge in [-0.05, 0) is 46.6 Å². The lowest BCUT2D eigenvalue weighted by Crippen LogP contribution is -2.64. The molecule has 2 aliphatic rings. The lowest BCUT2D eigenvalue weighted by molar-refractivity contribution is -0.123. The maximum atomic E-state index is 14.0. The van der Waals surface area contributed by atoms with Crippen molar-refractivity contribution in [3.05, 3.63) is 64.0 Å². The van der Waals surface area contributed by atoms with E-state index in [9.17, 15) is 9.18 Å². The summed E-state index contributed by atoms with van der Waals surface area (Å²) in [5.41, 5.74) is 4.06. The van der Waals surface area contributed by atoms with E-state index < -0.39 is 5.41 Å². The largest absolute Gasteiger partial charge is 0.369 e. The number of benzene rings is 2. The topological polar surface area (TPSA) is 36.4 Å². The lowest BCUT2D eigenvalue weighted by Gasteiger charge is -2.48. The van der Waals surface area contributed by atoms with Crippen LogP contribution >= 0.6 is 15.9 Å². The van der Waals surface area contributed by atoms with Crippen LogP contribution in [0.1, 0.15) is 11.1 Å². The van der Waals surface area contributed by atoms with Gasteiger partial charge in [0.1, 0.15) is 11.2 Å². The number of carbonyl (C=O) groups excluding carboxylic acids is 1. The summed E-state index contributed by atoms with van der Waals surface area (Å²) in [7, 11) is 1.79. The first-order valence-electron chi connectivity index (χ1n) is 8.79. The van der Waals surface area contributed by atoms with Crippen LogP contribution in [0, 0.1) is 12.7 Å². The fraction of sp³-hybridized carbons (Fsp3) is 0.238. The zero-order chi connectivity index (χ0) is 18.9. The molecule has 3 aromatic rings. The van der Waals surface area contributed by atoms with Gasteiger partial charge in [0.25, 0.3) is 0 Å². The Bertz CT molecular complexity index is 1120. The van der Waals surface area contributed by atoms with Gasteiger partial charge in [-0.25, -0.2) is 4.39 Å². The minimum absolute atomic E-state index is 0.0798. The number of likely N-dealkylation sites (N-methyl/N-ethyl adjacent to an activating group) is 1. The Morgan fingerprint density at radius 3 is 2.74 bits per heavy atom. The van der Waals surface area contributed by atoms with E-state index in [1.165, 1.54) is 11.6 Å². The normalized spacial score (nSPS) is 17.6. The summed E-state index contributed by atoms with van der Waals surface area (Å²) in [5.74, 6) is -0.271. The lowest BCUT2D eigenvalue weighted by atomic mass is 9.73. The molecule has 0 saturated carbocycles. The van der Waals surface area contributed by atoms with Crippen LogP contribution in [0.5, 0.6) is 0 Å². The highest BCUT2D eigenvalue weighted by molar-refractivity contribution is 9.10. The third-order valence-electron chi connectivity index (χ3n) is 5.73. The van der Waals surface area contributed by atoms with Crippen LogP contribution in [0.4, 0.5) is 15.8 Å². The van der Waals surface area contributed by atoms with Crippen LogP contribution in [0.2, 0.25) is 0 Å². The fourth-order valence-corrected chi connectivity index (χ4v) is 4.72. The van der Waals surface area contributed by atoms with Gasteiger partial charge in [-0.2, -0.15) is 0 Å². The summed E-state index contributed by atoms with van der Waals surface area (Å²) in [5, 5.41) is 0.836. The van der Waals surface area contributed by atoms with E-state index in [2.05, 4.69) is 50.9 Å². The molecule has 0 N–H and O–H groups in total. The number of nitrogens with zero attached hydrogens (tertiary/aromatic N) is 3. The third-order valence-corrected chi connectivity index (χ3v) is 6.34. The minimum atomic E-state index is -0.605. The maximum absolute atomic E-state index is 14.0. The second kappa shape index (κ2) is 5.52. The maximum Gasteiger partial charge on any atom is 0.241 e. The van der Waals surface area contributed by atoms with Crippen molar-refractivity contribution in [3.63, 3.8) is 0 Å². The fourth-order valence-electron chi connectivity index (χ4n) is 4.38. The molecule has 2 aromatic carbocycles. The first-order chi connectivity index (χ1) is 12.9. The van der Waals surface area contributed by atoms with Gasteiger partial charge < -0.3 is 9.80 Å². The zero-order valence-electron chi connectivity index (χ0n) is 15.0. The van der Waals surface area contributed by atoms with Gasteiger partial charge in [0, 0.05) is 42.8 Å². The Labute approximate surface area is 164 Å². The van der Waals surface area contributed by atoms with Crippen molar-refractivity contribution in [1.82, 2.24) is 4.98 Å². The molecule has 1 aromatic heterocycles. The van der Waals surface area contributed by atoms with E-state index in [1.54, 1.807) is 24.2 Å². The molecule has 0 atom stereocenters. The van der Waals surface area contributed by atoms with Gasteiger partial charge in [0.05, 0.1) is 21.9 Å². The molecular formula is C21H17BrFN3O. The van der Waals surface area contributed by atoms with Crippen LogP contribution in [-0.2, 0) is 10.2 Å². The molecule has 136 valence electrons. The van der Waals surface area contributed by atoms with Crippen molar-refractivity contribution in [2.75, 3.05) is 29.9 Å². The highest BCUT2D eigenvalue weighted by atomic mass is 79.9. The number of hydrogen-bond donors (Lipinski definition) is 0. The number of hydrogen-bond acceptors (Lipinski definition) is 3. The molecule has 5 rings (SSSR count). The second-order valence-corrected chi connectivity index (χ2v) is 8.30. The molecule has 27 heavy (non-hydrogen) atoms. The predicted octanol–water partition coefficient (Wildman–Crippen LogP) is 4.18. The standard InChI is InChI=1S/C21H17BrFN3O/c1-12-4-3-5-13(6-12)26-10-21(11-26)19-14-7-15(22)16(23)8-17(14)24-9-18(19)25(2)20(21)27/h3-9H,10-11H2,1-2H3. The van der Waals surface area contributed by atoms with Crippen LogP contribution in [0.15, 0.2) is 47.1 Å². The molecule has 3 heterocycles. The Morgan fingerprint density at radius 1 is 1.22 bits per heavy atom. The van der Waals surface area contributed by atoms with E-state index >= 15 is 0 Å². The average molecular weight is 426 g/mol.